The van der Waals surface area contributed by atoms with Gasteiger partial charge in [-0.15, -0.1) is 0 Å². The zero-order valence-corrected chi connectivity index (χ0v) is 19.6. The van der Waals surface area contributed by atoms with E-state index in [2.05, 4.69) is 20.4 Å². The number of nitro groups is 1. The highest BCUT2D eigenvalue weighted by atomic mass is 16.6. The number of hydrogen-bond donors (Lipinski definition) is 2. The van der Waals surface area contributed by atoms with Crippen molar-refractivity contribution in [3.63, 3.8) is 0 Å². The average Bonchev–Trinajstić information content (AvgIpc) is 2.85. The molecule has 34 heavy (non-hydrogen) atoms. The van der Waals surface area contributed by atoms with Crippen molar-refractivity contribution in [2.45, 2.75) is 51.1 Å². The lowest BCUT2D eigenvalue weighted by atomic mass is 9.94. The largest absolute Gasteiger partial charge is 0.463 e. The Bertz CT molecular complexity index is 934. The third-order valence-corrected chi connectivity index (χ3v) is 6.93. The number of esters is 1. The Morgan fingerprint density at radius 2 is 1.79 bits per heavy atom. The third-order valence-electron chi connectivity index (χ3n) is 6.93. The molecule has 1 unspecified atom stereocenters. The number of hydrogen-bond acceptors (Lipinski definition) is 7. The molecule has 3 aliphatic rings. The van der Waals surface area contributed by atoms with Crippen LogP contribution in [0.15, 0.2) is 35.5 Å². The van der Waals surface area contributed by atoms with Crippen molar-refractivity contribution in [1.82, 2.24) is 20.4 Å². The number of nitrogens with zero attached hydrogens (tertiary/aromatic N) is 3. The van der Waals surface area contributed by atoms with Gasteiger partial charge in [0.25, 0.3) is 5.69 Å². The number of nitrogens with one attached hydrogen (secondary N) is 2. The van der Waals surface area contributed by atoms with Crippen LogP contribution in [0.4, 0.5) is 10.5 Å². The standard InChI is InChI=1S/C24H33N5O5/c1-2-34-23(30)21-20(16-27-14-10-18(11-15-27)28-12-4-3-5-13-28)25-24(31)26-22(21)17-6-8-19(9-7-17)29(32)33/h6-9,18,22H,2-5,10-16H2,1H3,(H2,25,26,31). The number of rotatable bonds is 7. The van der Waals surface area contributed by atoms with Gasteiger partial charge in [0.1, 0.15) is 0 Å². The number of urea groups is 1. The van der Waals surface area contributed by atoms with E-state index in [9.17, 15) is 19.7 Å². The smallest absolute Gasteiger partial charge is 0.338 e. The molecule has 3 aliphatic heterocycles. The molecule has 3 heterocycles. The molecule has 10 heteroatoms. The highest BCUT2D eigenvalue weighted by Gasteiger charge is 2.35. The van der Waals surface area contributed by atoms with Crippen LogP contribution < -0.4 is 10.6 Å². The van der Waals surface area contributed by atoms with Gasteiger partial charge in [-0.25, -0.2) is 9.59 Å². The first-order valence-electron chi connectivity index (χ1n) is 12.1. The van der Waals surface area contributed by atoms with Gasteiger partial charge >= 0.3 is 12.0 Å². The van der Waals surface area contributed by atoms with E-state index in [4.69, 9.17) is 4.74 Å². The van der Waals surface area contributed by atoms with Crippen molar-refractivity contribution in [3.05, 3.63) is 51.2 Å². The Balaban J connectivity index is 1.53. The SMILES string of the molecule is CCOC(=O)C1=C(CN2CCC(N3CCCCC3)CC2)NC(=O)NC1c1ccc([N+](=O)[O-])cc1. The lowest BCUT2D eigenvalue weighted by molar-refractivity contribution is -0.384. The Hall–Kier alpha value is -2.98. The van der Waals surface area contributed by atoms with Crippen molar-refractivity contribution < 1.29 is 19.2 Å². The quantitative estimate of drug-likeness (QED) is 0.357. The van der Waals surface area contributed by atoms with Gasteiger partial charge in [0, 0.05) is 43.5 Å². The van der Waals surface area contributed by atoms with Crippen molar-refractivity contribution in [2.24, 2.45) is 0 Å². The lowest BCUT2D eigenvalue weighted by Gasteiger charge is -2.41. The summed E-state index contributed by atoms with van der Waals surface area (Å²) >= 11 is 0. The zero-order valence-electron chi connectivity index (χ0n) is 19.6. The van der Waals surface area contributed by atoms with Crippen LogP contribution in [-0.2, 0) is 9.53 Å². The molecule has 1 aromatic rings. The predicted molar refractivity (Wildman–Crippen MR) is 126 cm³/mol. The number of ether oxygens (including phenoxy) is 1. The average molecular weight is 472 g/mol. The molecule has 0 aromatic heterocycles. The molecule has 184 valence electrons. The number of non-ortho nitro benzene ring substituents is 1. The summed E-state index contributed by atoms with van der Waals surface area (Å²) in [7, 11) is 0. The number of carbonyl (C=O) groups is 2. The number of piperidine rings is 2. The summed E-state index contributed by atoms with van der Waals surface area (Å²) in [5.74, 6) is -0.503. The first-order chi connectivity index (χ1) is 16.5. The Morgan fingerprint density at radius 1 is 1.12 bits per heavy atom. The maximum Gasteiger partial charge on any atom is 0.338 e. The summed E-state index contributed by atoms with van der Waals surface area (Å²) < 4.78 is 5.32. The molecule has 2 fully saturated rings. The molecule has 0 radical (unpaired) electrons. The number of nitro benzene ring substituents is 1. The van der Waals surface area contributed by atoms with Crippen molar-refractivity contribution in [2.75, 3.05) is 39.3 Å². The predicted octanol–water partition coefficient (Wildman–Crippen LogP) is 2.72. The molecule has 0 spiro atoms. The highest BCUT2D eigenvalue weighted by Crippen LogP contribution is 2.30. The Labute approximate surface area is 199 Å². The van der Waals surface area contributed by atoms with E-state index >= 15 is 0 Å². The molecule has 1 atom stereocenters. The van der Waals surface area contributed by atoms with Gasteiger partial charge < -0.3 is 20.3 Å². The van der Waals surface area contributed by atoms with Crippen LogP contribution in [0.1, 0.15) is 50.6 Å². The molecule has 0 aliphatic carbocycles. The van der Waals surface area contributed by atoms with Crippen LogP contribution in [-0.4, -0.2) is 72.1 Å². The van der Waals surface area contributed by atoms with Crippen molar-refractivity contribution in [1.29, 1.82) is 0 Å². The summed E-state index contributed by atoms with van der Waals surface area (Å²) in [6, 6.07) is 5.33. The lowest BCUT2D eigenvalue weighted by Crippen LogP contribution is -2.51. The molecular weight excluding hydrogens is 438 g/mol. The minimum atomic E-state index is -0.741. The third kappa shape index (κ3) is 5.56. The van der Waals surface area contributed by atoms with E-state index in [1.54, 1.807) is 19.1 Å². The number of carbonyl (C=O) groups excluding carboxylic acids is 2. The summed E-state index contributed by atoms with van der Waals surface area (Å²) in [5, 5.41) is 16.6. The van der Waals surface area contributed by atoms with E-state index in [0.717, 1.165) is 25.9 Å². The molecular formula is C24H33N5O5. The summed E-state index contributed by atoms with van der Waals surface area (Å²) in [6.07, 6.45) is 6.02. The topological polar surface area (TPSA) is 117 Å². The van der Waals surface area contributed by atoms with E-state index in [1.807, 2.05) is 0 Å². The Morgan fingerprint density at radius 3 is 2.41 bits per heavy atom. The fourth-order valence-electron chi connectivity index (χ4n) is 5.18. The molecule has 2 amide bonds. The van der Waals surface area contributed by atoms with E-state index in [1.165, 1.54) is 44.5 Å². The van der Waals surface area contributed by atoms with Crippen LogP contribution in [0.2, 0.25) is 0 Å². The molecule has 4 rings (SSSR count). The molecule has 0 saturated carbocycles. The first-order valence-corrected chi connectivity index (χ1v) is 12.1. The van der Waals surface area contributed by atoms with Gasteiger partial charge in [0.15, 0.2) is 0 Å². The van der Waals surface area contributed by atoms with Crippen LogP contribution in [0.25, 0.3) is 0 Å². The fraction of sp³-hybridized carbons (Fsp3) is 0.583. The highest BCUT2D eigenvalue weighted by molar-refractivity contribution is 5.95. The number of amides is 2. The van der Waals surface area contributed by atoms with E-state index in [-0.39, 0.29) is 12.3 Å². The minimum Gasteiger partial charge on any atom is -0.463 e. The summed E-state index contributed by atoms with van der Waals surface area (Å²) in [6.45, 7) is 6.54. The second-order valence-corrected chi connectivity index (χ2v) is 9.10. The second-order valence-electron chi connectivity index (χ2n) is 9.10. The van der Waals surface area contributed by atoms with Gasteiger partial charge in [-0.3, -0.25) is 15.0 Å². The summed E-state index contributed by atoms with van der Waals surface area (Å²) in [5.41, 5.74) is 1.41. The summed E-state index contributed by atoms with van der Waals surface area (Å²) in [4.78, 5) is 40.9. The molecule has 0 bridgehead atoms. The van der Waals surface area contributed by atoms with Crippen molar-refractivity contribution >= 4 is 17.7 Å². The van der Waals surface area contributed by atoms with Gasteiger partial charge in [0.2, 0.25) is 0 Å². The van der Waals surface area contributed by atoms with Crippen LogP contribution in [0.5, 0.6) is 0 Å². The van der Waals surface area contributed by atoms with Gasteiger partial charge in [-0.05, 0) is 63.4 Å². The zero-order chi connectivity index (χ0) is 24.1. The van der Waals surface area contributed by atoms with E-state index < -0.39 is 23.0 Å². The molecule has 2 N–H and O–H groups in total. The molecule has 1 aromatic carbocycles. The maximum atomic E-state index is 13.0. The normalized spacial score (nSPS) is 22.7. The second kappa shape index (κ2) is 11.0. The van der Waals surface area contributed by atoms with Crippen molar-refractivity contribution in [3.8, 4) is 0 Å². The number of likely N-dealkylation sites (tertiary alicyclic amines) is 2. The van der Waals surface area contributed by atoms with Gasteiger partial charge in [-0.1, -0.05) is 6.42 Å². The van der Waals surface area contributed by atoms with Gasteiger partial charge in [-0.2, -0.15) is 0 Å². The number of benzene rings is 1. The maximum absolute atomic E-state index is 13.0. The molecule has 10 nitrogen and oxygen atoms in total. The monoisotopic (exact) mass is 471 g/mol. The Kier molecular flexibility index (Phi) is 7.79. The van der Waals surface area contributed by atoms with E-state index in [0.29, 0.717) is 29.4 Å². The van der Waals surface area contributed by atoms with Crippen LogP contribution in [0.3, 0.4) is 0 Å². The minimum absolute atomic E-state index is 0.0533. The fourth-order valence-corrected chi connectivity index (χ4v) is 5.18. The van der Waals surface area contributed by atoms with Gasteiger partial charge in [0.05, 0.1) is 23.1 Å². The van der Waals surface area contributed by atoms with Crippen LogP contribution in [0, 0.1) is 10.1 Å². The molecule has 2 saturated heterocycles. The first kappa shape index (κ1) is 24.2. The van der Waals surface area contributed by atoms with Crippen LogP contribution >= 0.6 is 0 Å².